The molecule has 10 heteroatoms. The van der Waals surface area contributed by atoms with E-state index in [0.717, 1.165) is 35.5 Å². The van der Waals surface area contributed by atoms with Gasteiger partial charge in [0.1, 0.15) is 0 Å². The highest BCUT2D eigenvalue weighted by Crippen LogP contribution is 2.29. The van der Waals surface area contributed by atoms with Gasteiger partial charge < -0.3 is 20.7 Å². The van der Waals surface area contributed by atoms with E-state index in [9.17, 15) is 9.59 Å². The van der Waals surface area contributed by atoms with E-state index >= 15 is 0 Å². The summed E-state index contributed by atoms with van der Waals surface area (Å²) in [7, 11) is 0. The molecule has 0 radical (unpaired) electrons. The Kier molecular flexibility index (Phi) is 7.24. The summed E-state index contributed by atoms with van der Waals surface area (Å²) in [5.74, 6) is -0.259. The fourth-order valence-electron chi connectivity index (χ4n) is 2.62. The number of thioether (sulfide) groups is 1. The third-order valence-corrected chi connectivity index (χ3v) is 6.10. The molecule has 0 spiro atoms. The summed E-state index contributed by atoms with van der Waals surface area (Å²) in [6.45, 7) is 4.83. The smallest absolute Gasteiger partial charge is 0.237 e. The Bertz CT molecular complexity index is 806. The molecule has 1 aromatic heterocycles. The number of carbonyl (C=O) groups is 2. The molecule has 0 unspecified atom stereocenters. The van der Waals surface area contributed by atoms with E-state index in [-0.39, 0.29) is 23.2 Å². The predicted octanol–water partition coefficient (Wildman–Crippen LogP) is 3.21. The highest BCUT2D eigenvalue weighted by Gasteiger charge is 2.19. The van der Waals surface area contributed by atoms with Gasteiger partial charge >= 0.3 is 0 Å². The summed E-state index contributed by atoms with van der Waals surface area (Å²) in [5.41, 5.74) is 1.35. The molecule has 1 fully saturated rings. The van der Waals surface area contributed by atoms with Crippen molar-refractivity contribution in [2.24, 2.45) is 0 Å². The summed E-state index contributed by atoms with van der Waals surface area (Å²) < 4.78 is 6.31. The first-order chi connectivity index (χ1) is 13.5. The lowest BCUT2D eigenvalue weighted by Gasteiger charge is -2.11. The maximum absolute atomic E-state index is 12.4. The number of amides is 2. The molecule has 28 heavy (non-hydrogen) atoms. The van der Waals surface area contributed by atoms with Crippen LogP contribution in [-0.2, 0) is 14.3 Å². The molecule has 1 aliphatic heterocycles. The number of benzene rings is 1. The second-order valence-corrected chi connectivity index (χ2v) is 8.96. The molecule has 1 aliphatic rings. The first kappa shape index (κ1) is 20.6. The summed E-state index contributed by atoms with van der Waals surface area (Å²) in [6.07, 6.45) is 2.41. The number of nitrogens with zero attached hydrogens (tertiary/aromatic N) is 2. The zero-order chi connectivity index (χ0) is 19.9. The van der Waals surface area contributed by atoms with Gasteiger partial charge in [0, 0.05) is 31.5 Å². The molecule has 3 rings (SSSR count). The largest absolute Gasteiger partial charge is 0.376 e. The van der Waals surface area contributed by atoms with Gasteiger partial charge in [0.05, 0.1) is 11.4 Å². The van der Waals surface area contributed by atoms with Crippen molar-refractivity contribution in [2.75, 3.05) is 29.1 Å². The van der Waals surface area contributed by atoms with Crippen LogP contribution >= 0.6 is 23.1 Å². The van der Waals surface area contributed by atoms with E-state index in [4.69, 9.17) is 4.74 Å². The summed E-state index contributed by atoms with van der Waals surface area (Å²) in [4.78, 5) is 23.5. The maximum Gasteiger partial charge on any atom is 0.237 e. The maximum atomic E-state index is 12.4. The van der Waals surface area contributed by atoms with Gasteiger partial charge in [-0.25, -0.2) is 0 Å². The summed E-state index contributed by atoms with van der Waals surface area (Å²) in [6, 6.07) is 6.98. The van der Waals surface area contributed by atoms with Crippen molar-refractivity contribution in [3.63, 3.8) is 0 Å². The monoisotopic (exact) mass is 421 g/mol. The second kappa shape index (κ2) is 9.85. The van der Waals surface area contributed by atoms with Gasteiger partial charge in [-0.15, -0.1) is 10.2 Å². The Hall–Kier alpha value is -2.17. The minimum Gasteiger partial charge on any atom is -0.376 e. The number of ether oxygens (including phenoxy) is 1. The number of hydrogen-bond acceptors (Lipinski definition) is 8. The number of carbonyl (C=O) groups excluding carboxylic acids is 2. The number of anilines is 3. The van der Waals surface area contributed by atoms with Crippen LogP contribution in [0.15, 0.2) is 28.6 Å². The Morgan fingerprint density at radius 1 is 1.25 bits per heavy atom. The van der Waals surface area contributed by atoms with Crippen LogP contribution in [0.1, 0.15) is 26.7 Å². The quantitative estimate of drug-likeness (QED) is 0.562. The molecule has 2 atom stereocenters. The lowest BCUT2D eigenvalue weighted by molar-refractivity contribution is -0.115. The van der Waals surface area contributed by atoms with E-state index in [1.165, 1.54) is 30.0 Å². The molecule has 150 valence electrons. The Balaban J connectivity index is 1.46. The van der Waals surface area contributed by atoms with E-state index in [1.807, 2.05) is 6.92 Å². The molecule has 0 bridgehead atoms. The molecule has 2 heterocycles. The fraction of sp³-hybridized carbons (Fsp3) is 0.444. The first-order valence-corrected chi connectivity index (χ1v) is 10.7. The van der Waals surface area contributed by atoms with E-state index in [1.54, 1.807) is 24.3 Å². The second-order valence-electron chi connectivity index (χ2n) is 6.40. The van der Waals surface area contributed by atoms with Crippen LogP contribution in [0.4, 0.5) is 16.5 Å². The van der Waals surface area contributed by atoms with Crippen LogP contribution in [0.25, 0.3) is 0 Å². The fourth-order valence-corrected chi connectivity index (χ4v) is 4.53. The normalized spacial score (nSPS) is 17.1. The average molecular weight is 422 g/mol. The van der Waals surface area contributed by atoms with E-state index < -0.39 is 0 Å². The van der Waals surface area contributed by atoms with Gasteiger partial charge in [-0.3, -0.25) is 9.59 Å². The zero-order valence-corrected chi connectivity index (χ0v) is 17.4. The van der Waals surface area contributed by atoms with Crippen LogP contribution in [0.3, 0.4) is 0 Å². The molecule has 1 aromatic carbocycles. The minimum absolute atomic E-state index is 0.124. The molecule has 3 N–H and O–H groups in total. The highest BCUT2D eigenvalue weighted by molar-refractivity contribution is 8.02. The standard InChI is InChI=1S/C18H23N5O3S2/c1-11(16(25)21-14-7-5-13(6-8-14)20-12(2)24)27-18-23-22-17(28-18)19-10-15-4-3-9-26-15/h5-8,11,15H,3-4,9-10H2,1-2H3,(H,19,22)(H,20,24)(H,21,25)/t11-,15+/m1/s1. The van der Waals surface area contributed by atoms with Gasteiger partial charge in [-0.1, -0.05) is 23.1 Å². The highest BCUT2D eigenvalue weighted by atomic mass is 32.2. The predicted molar refractivity (Wildman–Crippen MR) is 112 cm³/mol. The SMILES string of the molecule is CC(=O)Nc1ccc(NC(=O)[C@@H](C)Sc2nnc(NC[C@@H]3CCCO3)s2)cc1. The lowest BCUT2D eigenvalue weighted by atomic mass is 10.2. The van der Waals surface area contributed by atoms with Crippen LogP contribution in [0.2, 0.25) is 0 Å². The van der Waals surface area contributed by atoms with Gasteiger partial charge in [-0.05, 0) is 44.0 Å². The van der Waals surface area contributed by atoms with Crippen LogP contribution < -0.4 is 16.0 Å². The Labute approximate surface area is 171 Å². The van der Waals surface area contributed by atoms with Crippen molar-refractivity contribution in [3.8, 4) is 0 Å². The number of rotatable bonds is 8. The summed E-state index contributed by atoms with van der Waals surface area (Å²) >= 11 is 2.80. The lowest BCUT2D eigenvalue weighted by Crippen LogP contribution is -2.22. The average Bonchev–Trinajstić information content (AvgIpc) is 3.33. The molecule has 2 amide bonds. The van der Waals surface area contributed by atoms with Gasteiger partial charge in [0.15, 0.2) is 4.34 Å². The molecule has 8 nitrogen and oxygen atoms in total. The van der Waals surface area contributed by atoms with Crippen molar-refractivity contribution in [3.05, 3.63) is 24.3 Å². The molecule has 0 aliphatic carbocycles. The number of nitrogens with one attached hydrogen (secondary N) is 3. The van der Waals surface area contributed by atoms with Gasteiger partial charge in [-0.2, -0.15) is 0 Å². The summed E-state index contributed by atoms with van der Waals surface area (Å²) in [5, 5.41) is 17.5. The van der Waals surface area contributed by atoms with E-state index in [2.05, 4.69) is 26.1 Å². The Morgan fingerprint density at radius 3 is 2.61 bits per heavy atom. The number of aromatic nitrogens is 2. The minimum atomic E-state index is -0.325. The molecule has 1 saturated heterocycles. The van der Waals surface area contributed by atoms with Crippen LogP contribution in [-0.4, -0.2) is 46.5 Å². The van der Waals surface area contributed by atoms with Crippen molar-refractivity contribution in [2.45, 2.75) is 42.4 Å². The van der Waals surface area contributed by atoms with E-state index in [0.29, 0.717) is 11.4 Å². The van der Waals surface area contributed by atoms with Crippen molar-refractivity contribution < 1.29 is 14.3 Å². The first-order valence-electron chi connectivity index (χ1n) is 9.04. The third-order valence-electron chi connectivity index (χ3n) is 4.03. The molecular weight excluding hydrogens is 398 g/mol. The topological polar surface area (TPSA) is 105 Å². The van der Waals surface area contributed by atoms with Crippen LogP contribution in [0.5, 0.6) is 0 Å². The molecular formula is C18H23N5O3S2. The van der Waals surface area contributed by atoms with Crippen molar-refractivity contribution >= 4 is 51.4 Å². The number of hydrogen-bond donors (Lipinski definition) is 3. The molecule has 0 saturated carbocycles. The Morgan fingerprint density at radius 2 is 1.96 bits per heavy atom. The zero-order valence-electron chi connectivity index (χ0n) is 15.7. The van der Waals surface area contributed by atoms with Gasteiger partial charge in [0.2, 0.25) is 16.9 Å². The van der Waals surface area contributed by atoms with Crippen LogP contribution in [0, 0.1) is 0 Å². The van der Waals surface area contributed by atoms with Crippen molar-refractivity contribution in [1.82, 2.24) is 10.2 Å². The van der Waals surface area contributed by atoms with Crippen molar-refractivity contribution in [1.29, 1.82) is 0 Å². The van der Waals surface area contributed by atoms with Gasteiger partial charge in [0.25, 0.3) is 0 Å². The molecule has 2 aromatic rings. The third kappa shape index (κ3) is 6.18.